The number of hydrogen-bond acceptors (Lipinski definition) is 4. The molecule has 0 radical (unpaired) electrons. The number of nitrogens with one attached hydrogen (secondary N) is 1. The Morgan fingerprint density at radius 1 is 1.40 bits per heavy atom. The zero-order valence-electron chi connectivity index (χ0n) is 11.1. The number of nitrogens with zero attached hydrogens (tertiary/aromatic N) is 2. The Labute approximate surface area is 129 Å². The van der Waals surface area contributed by atoms with E-state index in [1.165, 1.54) is 5.56 Å². The van der Waals surface area contributed by atoms with E-state index in [0.29, 0.717) is 18.3 Å². The highest BCUT2D eigenvalue weighted by molar-refractivity contribution is 9.10. The van der Waals surface area contributed by atoms with E-state index in [9.17, 15) is 4.79 Å². The van der Waals surface area contributed by atoms with Crippen LogP contribution >= 0.6 is 27.7 Å². The molecule has 0 saturated heterocycles. The topological polar surface area (TPSA) is 59.9 Å². The Bertz CT molecular complexity index is 594. The second-order valence-corrected chi connectivity index (χ2v) is 6.08. The number of rotatable bonds is 7. The minimum absolute atomic E-state index is 0.167. The summed E-state index contributed by atoms with van der Waals surface area (Å²) in [4.78, 5) is 11.7. The fraction of sp³-hybridized carbons (Fsp3) is 0.385. The van der Waals surface area contributed by atoms with Crippen LogP contribution in [0.3, 0.4) is 0 Å². The van der Waals surface area contributed by atoms with E-state index in [2.05, 4.69) is 38.3 Å². The molecule has 0 bridgehead atoms. The Hall–Kier alpha value is -1.05. The van der Waals surface area contributed by atoms with Crippen molar-refractivity contribution in [2.24, 2.45) is 0 Å². The molecule has 1 heterocycles. The van der Waals surface area contributed by atoms with Crippen LogP contribution in [0.4, 0.5) is 0 Å². The molecule has 1 aromatic heterocycles. The van der Waals surface area contributed by atoms with Crippen LogP contribution in [-0.2, 0) is 17.0 Å². The van der Waals surface area contributed by atoms with Gasteiger partial charge in [0, 0.05) is 30.5 Å². The first-order chi connectivity index (χ1) is 9.70. The predicted molar refractivity (Wildman–Crippen MR) is 83.0 cm³/mol. The first-order valence-corrected chi connectivity index (χ1v) is 8.00. The number of ether oxygens (including phenoxy) is 1. The first-order valence-electron chi connectivity index (χ1n) is 6.22. The van der Waals surface area contributed by atoms with Gasteiger partial charge in [0.2, 0.25) is 0 Å². The standard InChI is InChI=1S/C13H16BrN3O2S/c1-19-8-2-7-17-12(18)15-16-13(17)20-9-10-3-5-11(14)6-4-10/h3-6H,2,7-9H2,1H3,(H,15,18). The molecule has 0 spiro atoms. The summed E-state index contributed by atoms with van der Waals surface area (Å²) in [5, 5.41) is 7.28. The van der Waals surface area contributed by atoms with E-state index in [1.807, 2.05) is 12.1 Å². The fourth-order valence-electron chi connectivity index (χ4n) is 1.71. The van der Waals surface area contributed by atoms with Crippen molar-refractivity contribution in [2.75, 3.05) is 13.7 Å². The van der Waals surface area contributed by atoms with E-state index in [0.717, 1.165) is 16.6 Å². The predicted octanol–water partition coefficient (Wildman–Crippen LogP) is 2.66. The summed E-state index contributed by atoms with van der Waals surface area (Å²) >= 11 is 4.96. The Kier molecular flexibility index (Phi) is 5.87. The third-order valence-corrected chi connectivity index (χ3v) is 4.31. The van der Waals surface area contributed by atoms with Gasteiger partial charge in [-0.25, -0.2) is 9.89 Å². The van der Waals surface area contributed by atoms with Crippen molar-refractivity contribution < 1.29 is 4.74 Å². The zero-order valence-corrected chi connectivity index (χ0v) is 13.5. The monoisotopic (exact) mass is 357 g/mol. The van der Waals surface area contributed by atoms with Gasteiger partial charge < -0.3 is 4.74 Å². The van der Waals surface area contributed by atoms with Crippen molar-refractivity contribution in [3.8, 4) is 0 Å². The van der Waals surface area contributed by atoms with E-state index in [1.54, 1.807) is 23.4 Å². The van der Waals surface area contributed by atoms with Gasteiger partial charge in [-0.15, -0.1) is 5.10 Å². The van der Waals surface area contributed by atoms with Crippen LogP contribution in [0.1, 0.15) is 12.0 Å². The van der Waals surface area contributed by atoms with E-state index in [-0.39, 0.29) is 5.69 Å². The first kappa shape index (κ1) is 15.3. The van der Waals surface area contributed by atoms with Crippen molar-refractivity contribution in [3.63, 3.8) is 0 Å². The lowest BCUT2D eigenvalue weighted by molar-refractivity contribution is 0.189. The van der Waals surface area contributed by atoms with Crippen LogP contribution in [0.15, 0.2) is 38.7 Å². The summed E-state index contributed by atoms with van der Waals surface area (Å²) in [5.41, 5.74) is 1.02. The highest BCUT2D eigenvalue weighted by Crippen LogP contribution is 2.21. The van der Waals surface area contributed by atoms with Gasteiger partial charge in [0.1, 0.15) is 0 Å². The smallest absolute Gasteiger partial charge is 0.343 e. The number of halogens is 1. The van der Waals surface area contributed by atoms with Gasteiger partial charge in [-0.05, 0) is 24.1 Å². The van der Waals surface area contributed by atoms with Crippen molar-refractivity contribution in [1.29, 1.82) is 0 Å². The number of H-pyrrole nitrogens is 1. The third-order valence-electron chi connectivity index (χ3n) is 2.73. The molecule has 0 unspecified atom stereocenters. The lowest BCUT2D eigenvalue weighted by atomic mass is 10.2. The van der Waals surface area contributed by atoms with E-state index in [4.69, 9.17) is 4.74 Å². The largest absolute Gasteiger partial charge is 0.385 e. The summed E-state index contributed by atoms with van der Waals surface area (Å²) in [6.45, 7) is 1.25. The molecule has 0 fully saturated rings. The molecule has 7 heteroatoms. The molecule has 108 valence electrons. The summed E-state index contributed by atoms with van der Waals surface area (Å²) in [7, 11) is 1.65. The van der Waals surface area contributed by atoms with Gasteiger partial charge in [0.15, 0.2) is 5.16 Å². The number of thioether (sulfide) groups is 1. The maximum Gasteiger partial charge on any atom is 0.343 e. The van der Waals surface area contributed by atoms with Crippen LogP contribution in [0.5, 0.6) is 0 Å². The van der Waals surface area contributed by atoms with E-state index >= 15 is 0 Å². The average molecular weight is 358 g/mol. The van der Waals surface area contributed by atoms with Crippen LogP contribution in [0.25, 0.3) is 0 Å². The second-order valence-electron chi connectivity index (χ2n) is 4.22. The van der Waals surface area contributed by atoms with Crippen LogP contribution in [0, 0.1) is 0 Å². The molecule has 0 aliphatic heterocycles. The number of benzene rings is 1. The van der Waals surface area contributed by atoms with Gasteiger partial charge in [-0.1, -0.05) is 39.8 Å². The molecule has 0 saturated carbocycles. The third kappa shape index (κ3) is 4.22. The normalized spacial score (nSPS) is 10.9. The highest BCUT2D eigenvalue weighted by atomic mass is 79.9. The van der Waals surface area contributed by atoms with Gasteiger partial charge >= 0.3 is 5.69 Å². The quantitative estimate of drug-likeness (QED) is 0.611. The van der Waals surface area contributed by atoms with Crippen molar-refractivity contribution in [2.45, 2.75) is 23.9 Å². The zero-order chi connectivity index (χ0) is 14.4. The number of aromatic amines is 1. The number of methoxy groups -OCH3 is 1. The van der Waals surface area contributed by atoms with Gasteiger partial charge in [-0.3, -0.25) is 4.57 Å². The van der Waals surface area contributed by atoms with Crippen LogP contribution in [0.2, 0.25) is 0 Å². The van der Waals surface area contributed by atoms with Gasteiger partial charge in [0.25, 0.3) is 0 Å². The molecule has 0 aliphatic rings. The minimum atomic E-state index is -0.167. The SMILES string of the molecule is COCCCn1c(SCc2ccc(Br)cc2)n[nH]c1=O. The molecule has 5 nitrogen and oxygen atoms in total. The Morgan fingerprint density at radius 2 is 2.15 bits per heavy atom. The van der Waals surface area contributed by atoms with Crippen LogP contribution < -0.4 is 5.69 Å². The van der Waals surface area contributed by atoms with Gasteiger partial charge in [-0.2, -0.15) is 0 Å². The van der Waals surface area contributed by atoms with Crippen molar-refractivity contribution >= 4 is 27.7 Å². The highest BCUT2D eigenvalue weighted by Gasteiger charge is 2.08. The summed E-state index contributed by atoms with van der Waals surface area (Å²) in [6, 6.07) is 8.12. The summed E-state index contributed by atoms with van der Waals surface area (Å²) in [6.07, 6.45) is 0.793. The molecule has 1 aromatic carbocycles. The Morgan fingerprint density at radius 3 is 2.85 bits per heavy atom. The minimum Gasteiger partial charge on any atom is -0.385 e. The molecular weight excluding hydrogens is 342 g/mol. The molecule has 1 N–H and O–H groups in total. The lowest BCUT2D eigenvalue weighted by Crippen LogP contribution is -2.18. The molecule has 20 heavy (non-hydrogen) atoms. The lowest BCUT2D eigenvalue weighted by Gasteiger charge is -2.05. The van der Waals surface area contributed by atoms with Crippen molar-refractivity contribution in [3.05, 3.63) is 44.8 Å². The van der Waals surface area contributed by atoms with Crippen molar-refractivity contribution in [1.82, 2.24) is 14.8 Å². The molecule has 0 atom stereocenters. The maximum absolute atomic E-state index is 11.7. The average Bonchev–Trinajstić information content (AvgIpc) is 2.80. The summed E-state index contributed by atoms with van der Waals surface area (Å²) in [5.74, 6) is 0.780. The molecule has 0 amide bonds. The second kappa shape index (κ2) is 7.66. The fourth-order valence-corrected chi connectivity index (χ4v) is 2.90. The molecule has 0 aliphatic carbocycles. The maximum atomic E-state index is 11.7. The molecule has 2 rings (SSSR count). The summed E-state index contributed by atoms with van der Waals surface area (Å²) < 4.78 is 7.72. The Balaban J connectivity index is 1.98. The molecule has 2 aromatic rings. The van der Waals surface area contributed by atoms with Gasteiger partial charge in [0.05, 0.1) is 0 Å². The molecular formula is C13H16BrN3O2S. The van der Waals surface area contributed by atoms with E-state index < -0.39 is 0 Å². The number of aromatic nitrogens is 3. The number of hydrogen-bond donors (Lipinski definition) is 1. The van der Waals surface area contributed by atoms with Crippen LogP contribution in [-0.4, -0.2) is 28.5 Å².